The topological polar surface area (TPSA) is 76.3 Å². The molecule has 0 bridgehead atoms. The smallest absolute Gasteiger partial charge is 0.225 e. The predicted octanol–water partition coefficient (Wildman–Crippen LogP) is 4.36. The van der Waals surface area contributed by atoms with E-state index < -0.39 is 5.41 Å². The van der Waals surface area contributed by atoms with Crippen LogP contribution in [-0.4, -0.2) is 34.8 Å². The van der Waals surface area contributed by atoms with Crippen molar-refractivity contribution in [2.24, 2.45) is 17.1 Å². The maximum atomic E-state index is 12.9. The van der Waals surface area contributed by atoms with Crippen molar-refractivity contribution in [1.29, 1.82) is 0 Å². The number of primary amides is 1. The fourth-order valence-corrected chi connectivity index (χ4v) is 5.35. The van der Waals surface area contributed by atoms with E-state index in [1.807, 2.05) is 35.4 Å². The Kier molecular flexibility index (Phi) is 6.69. The zero-order chi connectivity index (χ0) is 21.7. The van der Waals surface area contributed by atoms with Gasteiger partial charge in [0.2, 0.25) is 11.8 Å². The fraction of sp³-hybridized carbons (Fsp3) is 0.500. The van der Waals surface area contributed by atoms with Gasteiger partial charge in [-0.2, -0.15) is 0 Å². The number of nitrogens with two attached hydrogens (primary N) is 1. The first-order valence-electron chi connectivity index (χ1n) is 11.6. The van der Waals surface area contributed by atoms with Gasteiger partial charge in [0.15, 0.2) is 0 Å². The Morgan fingerprint density at radius 3 is 2.65 bits per heavy atom. The summed E-state index contributed by atoms with van der Waals surface area (Å²) in [5.74, 6) is 0.582. The molecular formula is C26H33N3O2. The van der Waals surface area contributed by atoms with Crippen molar-refractivity contribution in [1.82, 2.24) is 9.88 Å². The zero-order valence-corrected chi connectivity index (χ0v) is 18.3. The number of likely N-dealkylation sites (tertiary alicyclic amines) is 1. The first-order valence-corrected chi connectivity index (χ1v) is 11.6. The van der Waals surface area contributed by atoms with Crippen LogP contribution in [0.3, 0.4) is 0 Å². The van der Waals surface area contributed by atoms with E-state index in [2.05, 4.69) is 17.1 Å². The van der Waals surface area contributed by atoms with Gasteiger partial charge in [-0.15, -0.1) is 0 Å². The highest BCUT2D eigenvalue weighted by Gasteiger charge is 2.42. The molecule has 2 amide bonds. The largest absolute Gasteiger partial charge is 0.369 e. The van der Waals surface area contributed by atoms with Crippen LogP contribution in [0.15, 0.2) is 48.8 Å². The maximum absolute atomic E-state index is 12.9. The number of carbonyl (C=O) groups excluding carboxylic acids is 2. The molecule has 164 valence electrons. The van der Waals surface area contributed by atoms with Gasteiger partial charge in [-0.1, -0.05) is 56.0 Å². The van der Waals surface area contributed by atoms with Gasteiger partial charge in [-0.25, -0.2) is 0 Å². The summed E-state index contributed by atoms with van der Waals surface area (Å²) in [4.78, 5) is 31.7. The van der Waals surface area contributed by atoms with Gasteiger partial charge in [0.25, 0.3) is 0 Å². The van der Waals surface area contributed by atoms with Crippen LogP contribution >= 0.6 is 0 Å². The highest BCUT2D eigenvalue weighted by Crippen LogP contribution is 2.35. The summed E-state index contributed by atoms with van der Waals surface area (Å²) >= 11 is 0. The van der Waals surface area contributed by atoms with Crippen molar-refractivity contribution in [2.75, 3.05) is 13.1 Å². The minimum Gasteiger partial charge on any atom is -0.369 e. The second-order valence-electron chi connectivity index (χ2n) is 9.37. The molecule has 0 radical (unpaired) electrons. The molecule has 31 heavy (non-hydrogen) atoms. The lowest BCUT2D eigenvalue weighted by molar-refractivity contribution is -0.140. The van der Waals surface area contributed by atoms with Crippen molar-refractivity contribution in [3.8, 4) is 11.1 Å². The number of carbonyl (C=O) groups is 2. The third kappa shape index (κ3) is 5.15. The minimum absolute atomic E-state index is 0.182. The Labute approximate surface area is 185 Å². The second kappa shape index (κ2) is 9.63. The molecule has 2 aromatic rings. The Hall–Kier alpha value is -2.69. The summed E-state index contributed by atoms with van der Waals surface area (Å²) < 4.78 is 0. The van der Waals surface area contributed by atoms with E-state index >= 15 is 0 Å². The van der Waals surface area contributed by atoms with Crippen LogP contribution in [0.25, 0.3) is 11.1 Å². The van der Waals surface area contributed by atoms with Crippen molar-refractivity contribution in [3.05, 3.63) is 54.4 Å². The summed E-state index contributed by atoms with van der Waals surface area (Å²) in [6.45, 7) is 1.16. The van der Waals surface area contributed by atoms with E-state index in [1.165, 1.54) is 25.7 Å². The average molecular weight is 420 g/mol. The van der Waals surface area contributed by atoms with Crippen molar-refractivity contribution >= 4 is 11.8 Å². The minimum atomic E-state index is -0.700. The highest BCUT2D eigenvalue weighted by atomic mass is 16.2. The quantitative estimate of drug-likeness (QED) is 0.725. The SMILES string of the molecule is NC(=O)C1(Cc2cccc(-c3cccnc3)c2)CCCN(C(=O)CCC2CCCC2)C1. The van der Waals surface area contributed by atoms with Crippen LogP contribution in [-0.2, 0) is 16.0 Å². The Morgan fingerprint density at radius 2 is 1.90 bits per heavy atom. The van der Waals surface area contributed by atoms with E-state index in [0.717, 1.165) is 42.5 Å². The number of hydrogen-bond acceptors (Lipinski definition) is 3. The first-order chi connectivity index (χ1) is 15.1. The van der Waals surface area contributed by atoms with E-state index in [0.29, 0.717) is 25.3 Å². The molecule has 5 heteroatoms. The molecule has 1 saturated heterocycles. The summed E-state index contributed by atoms with van der Waals surface area (Å²) in [6.07, 6.45) is 12.4. The van der Waals surface area contributed by atoms with E-state index in [4.69, 9.17) is 5.73 Å². The van der Waals surface area contributed by atoms with E-state index in [-0.39, 0.29) is 11.8 Å². The monoisotopic (exact) mass is 419 g/mol. The fourth-order valence-electron chi connectivity index (χ4n) is 5.35. The van der Waals surface area contributed by atoms with Crippen molar-refractivity contribution in [3.63, 3.8) is 0 Å². The molecule has 2 fully saturated rings. The number of hydrogen-bond donors (Lipinski definition) is 1. The Bertz CT molecular complexity index is 908. The van der Waals surface area contributed by atoms with Crippen LogP contribution in [0.1, 0.15) is 56.9 Å². The summed E-state index contributed by atoms with van der Waals surface area (Å²) in [7, 11) is 0. The lowest BCUT2D eigenvalue weighted by Gasteiger charge is -2.41. The average Bonchev–Trinajstić information content (AvgIpc) is 3.32. The molecular weight excluding hydrogens is 386 g/mol. The maximum Gasteiger partial charge on any atom is 0.225 e. The lowest BCUT2D eigenvalue weighted by atomic mass is 9.74. The van der Waals surface area contributed by atoms with E-state index in [1.54, 1.807) is 6.20 Å². The number of rotatable bonds is 7. The first kappa shape index (κ1) is 21.5. The molecule has 2 heterocycles. The molecule has 2 N–H and O–H groups in total. The van der Waals surface area contributed by atoms with Crippen LogP contribution in [0, 0.1) is 11.3 Å². The third-order valence-corrected chi connectivity index (χ3v) is 7.16. The summed E-state index contributed by atoms with van der Waals surface area (Å²) in [5.41, 5.74) is 8.44. The molecule has 0 spiro atoms. The van der Waals surface area contributed by atoms with Gasteiger partial charge in [0.1, 0.15) is 0 Å². The van der Waals surface area contributed by atoms with Gasteiger partial charge >= 0.3 is 0 Å². The zero-order valence-electron chi connectivity index (χ0n) is 18.3. The van der Waals surface area contributed by atoms with Gasteiger partial charge in [-0.3, -0.25) is 14.6 Å². The molecule has 4 rings (SSSR count). The number of piperidine rings is 1. The Balaban J connectivity index is 1.47. The summed E-state index contributed by atoms with van der Waals surface area (Å²) in [5, 5.41) is 0. The third-order valence-electron chi connectivity index (χ3n) is 7.16. The van der Waals surface area contributed by atoms with Gasteiger partial charge in [0.05, 0.1) is 5.41 Å². The lowest BCUT2D eigenvalue weighted by Crippen LogP contribution is -2.53. The normalized spacial score (nSPS) is 21.9. The van der Waals surface area contributed by atoms with Gasteiger partial charge in [-0.05, 0) is 54.4 Å². The number of benzene rings is 1. The summed E-state index contributed by atoms with van der Waals surface area (Å²) in [6, 6.07) is 12.2. The molecule has 1 unspecified atom stereocenters. The number of aromatic nitrogens is 1. The standard InChI is InChI=1S/C26H33N3O2/c27-25(31)26(17-21-8-3-9-22(16-21)23-10-4-14-28-18-23)13-5-15-29(19-26)24(30)12-11-20-6-1-2-7-20/h3-4,8-10,14,16,18,20H,1-2,5-7,11-13,15,17,19H2,(H2,27,31). The van der Waals surface area contributed by atoms with Crippen LogP contribution in [0.2, 0.25) is 0 Å². The second-order valence-corrected chi connectivity index (χ2v) is 9.37. The highest BCUT2D eigenvalue weighted by molar-refractivity contribution is 5.83. The van der Waals surface area contributed by atoms with Gasteiger partial charge in [0, 0.05) is 31.9 Å². The van der Waals surface area contributed by atoms with Crippen LogP contribution < -0.4 is 5.73 Å². The molecule has 2 aliphatic rings. The molecule has 1 atom stereocenters. The molecule has 1 aromatic carbocycles. The Morgan fingerprint density at radius 1 is 1.10 bits per heavy atom. The molecule has 1 aromatic heterocycles. The van der Waals surface area contributed by atoms with Crippen LogP contribution in [0.5, 0.6) is 0 Å². The molecule has 5 nitrogen and oxygen atoms in total. The number of pyridine rings is 1. The number of amides is 2. The van der Waals surface area contributed by atoms with Crippen LogP contribution in [0.4, 0.5) is 0 Å². The van der Waals surface area contributed by atoms with Crippen molar-refractivity contribution < 1.29 is 9.59 Å². The van der Waals surface area contributed by atoms with Gasteiger partial charge < -0.3 is 10.6 Å². The molecule has 1 aliphatic carbocycles. The molecule has 1 saturated carbocycles. The molecule has 1 aliphatic heterocycles. The number of nitrogens with zero attached hydrogens (tertiary/aromatic N) is 2. The van der Waals surface area contributed by atoms with E-state index in [9.17, 15) is 9.59 Å². The van der Waals surface area contributed by atoms with Crippen molar-refractivity contribution in [2.45, 2.75) is 57.8 Å². The predicted molar refractivity (Wildman–Crippen MR) is 122 cm³/mol.